The van der Waals surface area contributed by atoms with Crippen molar-refractivity contribution in [2.45, 2.75) is 70.6 Å². The van der Waals surface area contributed by atoms with Crippen LogP contribution in [0.3, 0.4) is 0 Å². The summed E-state index contributed by atoms with van der Waals surface area (Å²) in [5.41, 5.74) is 0. The van der Waals surface area contributed by atoms with Gasteiger partial charge in [-0.3, -0.25) is 0 Å². The molecule has 17 heavy (non-hydrogen) atoms. The minimum Gasteiger partial charge on any atom is -0.0928 e. The number of halogens is 2. The van der Waals surface area contributed by atoms with E-state index in [4.69, 9.17) is 0 Å². The molecule has 2 unspecified atom stereocenters. The van der Waals surface area contributed by atoms with Crippen LogP contribution < -0.4 is 0 Å². The highest BCUT2D eigenvalue weighted by Crippen LogP contribution is 2.45. The summed E-state index contributed by atoms with van der Waals surface area (Å²) in [6, 6.07) is 0. The van der Waals surface area contributed by atoms with E-state index in [1.165, 1.54) is 74.9 Å². The monoisotopic (exact) mass is 366 g/mol. The van der Waals surface area contributed by atoms with Crippen LogP contribution in [0.15, 0.2) is 0 Å². The van der Waals surface area contributed by atoms with Gasteiger partial charge in [0.1, 0.15) is 0 Å². The molecule has 1 aliphatic carbocycles. The Morgan fingerprint density at radius 2 is 1.00 bits per heavy atom. The molecule has 0 N–H and O–H groups in total. The first-order valence-corrected chi connectivity index (χ1v) is 9.74. The van der Waals surface area contributed by atoms with Crippen molar-refractivity contribution in [2.24, 2.45) is 11.8 Å². The largest absolute Gasteiger partial charge is 0.0928 e. The summed E-state index contributed by atoms with van der Waals surface area (Å²) in [5.74, 6) is 2.24. The molecule has 0 heterocycles. The lowest BCUT2D eigenvalue weighted by Crippen LogP contribution is -1.87. The molecule has 0 spiro atoms. The maximum atomic E-state index is 3.50. The van der Waals surface area contributed by atoms with Gasteiger partial charge in [-0.05, 0) is 31.1 Å². The Kier molecular flexibility index (Phi) is 10.2. The van der Waals surface area contributed by atoms with Gasteiger partial charge in [-0.25, -0.2) is 0 Å². The van der Waals surface area contributed by atoms with E-state index in [0.29, 0.717) is 0 Å². The van der Waals surface area contributed by atoms with Crippen LogP contribution in [0.5, 0.6) is 0 Å². The fourth-order valence-electron chi connectivity index (χ4n) is 2.73. The van der Waals surface area contributed by atoms with E-state index in [9.17, 15) is 0 Å². The molecule has 0 bridgehead atoms. The van der Waals surface area contributed by atoms with Gasteiger partial charge < -0.3 is 0 Å². The maximum Gasteiger partial charge on any atom is 0.00313 e. The summed E-state index contributed by atoms with van der Waals surface area (Å²) in [6.07, 6.45) is 16.1. The highest BCUT2D eigenvalue weighted by molar-refractivity contribution is 9.09. The third kappa shape index (κ3) is 8.64. The Balaban J connectivity index is 1.78. The quantitative estimate of drug-likeness (QED) is 0.280. The second-order valence-electron chi connectivity index (χ2n) is 5.54. The molecule has 0 aromatic rings. The Labute approximate surface area is 125 Å². The molecule has 0 amide bonds. The van der Waals surface area contributed by atoms with Crippen LogP contribution in [-0.2, 0) is 0 Å². The topological polar surface area (TPSA) is 0 Å². The van der Waals surface area contributed by atoms with Crippen molar-refractivity contribution in [1.29, 1.82) is 0 Å². The highest BCUT2D eigenvalue weighted by Gasteiger charge is 2.34. The van der Waals surface area contributed by atoms with Crippen molar-refractivity contribution in [3.05, 3.63) is 0 Å². The van der Waals surface area contributed by atoms with Crippen molar-refractivity contribution in [1.82, 2.24) is 0 Å². The van der Waals surface area contributed by atoms with Crippen LogP contribution in [0.1, 0.15) is 70.6 Å². The maximum absolute atomic E-state index is 3.50. The third-order valence-corrected chi connectivity index (χ3v) is 5.11. The molecule has 0 aromatic carbocycles. The predicted octanol–water partition coefficient (Wildman–Crippen LogP) is 6.31. The van der Waals surface area contributed by atoms with Crippen molar-refractivity contribution >= 4 is 31.9 Å². The Morgan fingerprint density at radius 3 is 1.41 bits per heavy atom. The van der Waals surface area contributed by atoms with Gasteiger partial charge in [0.25, 0.3) is 0 Å². The normalized spacial score (nSPS) is 22.9. The van der Waals surface area contributed by atoms with Crippen LogP contribution in [0.2, 0.25) is 0 Å². The molecule has 0 saturated heterocycles. The van der Waals surface area contributed by atoms with Crippen LogP contribution in [0.25, 0.3) is 0 Å². The van der Waals surface area contributed by atoms with Gasteiger partial charge >= 0.3 is 0 Å². The van der Waals surface area contributed by atoms with Crippen LogP contribution in [0.4, 0.5) is 0 Å². The minimum absolute atomic E-state index is 1.12. The van der Waals surface area contributed by atoms with E-state index in [-0.39, 0.29) is 0 Å². The van der Waals surface area contributed by atoms with E-state index in [1.807, 2.05) is 0 Å². The SMILES string of the molecule is BrCCCCCCC1CC1CCCCCCBr. The Hall–Kier alpha value is 0.960. The fourth-order valence-corrected chi connectivity index (χ4v) is 3.52. The number of hydrogen-bond acceptors (Lipinski definition) is 0. The van der Waals surface area contributed by atoms with Gasteiger partial charge in [-0.2, -0.15) is 0 Å². The molecular weight excluding hydrogens is 340 g/mol. The van der Waals surface area contributed by atoms with Gasteiger partial charge in [-0.1, -0.05) is 83.2 Å². The predicted molar refractivity (Wildman–Crippen MR) is 85.4 cm³/mol. The summed E-state index contributed by atoms with van der Waals surface area (Å²) < 4.78 is 0. The average Bonchev–Trinajstić information content (AvgIpc) is 3.07. The molecule has 0 radical (unpaired) electrons. The molecule has 0 nitrogen and oxygen atoms in total. The van der Waals surface area contributed by atoms with E-state index in [0.717, 1.165) is 11.8 Å². The van der Waals surface area contributed by atoms with Crippen molar-refractivity contribution in [2.75, 3.05) is 10.7 Å². The first-order chi connectivity index (χ1) is 8.38. The molecular formula is C15H28Br2. The van der Waals surface area contributed by atoms with E-state index < -0.39 is 0 Å². The van der Waals surface area contributed by atoms with Gasteiger partial charge in [-0.15, -0.1) is 0 Å². The molecule has 0 aromatic heterocycles. The van der Waals surface area contributed by atoms with E-state index in [2.05, 4.69) is 31.9 Å². The van der Waals surface area contributed by atoms with Crippen molar-refractivity contribution in [3.63, 3.8) is 0 Å². The first-order valence-electron chi connectivity index (χ1n) is 7.50. The lowest BCUT2D eigenvalue weighted by atomic mass is 10.1. The Bertz CT molecular complexity index is 152. The number of rotatable bonds is 12. The number of alkyl halides is 2. The summed E-state index contributed by atoms with van der Waals surface area (Å²) in [5, 5.41) is 2.38. The van der Waals surface area contributed by atoms with E-state index >= 15 is 0 Å². The average molecular weight is 368 g/mol. The van der Waals surface area contributed by atoms with Crippen LogP contribution >= 0.6 is 31.9 Å². The molecule has 2 atom stereocenters. The molecule has 1 saturated carbocycles. The zero-order valence-corrected chi connectivity index (χ0v) is 14.3. The van der Waals surface area contributed by atoms with Gasteiger partial charge in [0.05, 0.1) is 0 Å². The molecule has 1 aliphatic rings. The minimum atomic E-state index is 1.12. The molecule has 0 aliphatic heterocycles. The fraction of sp³-hybridized carbons (Fsp3) is 1.00. The van der Waals surface area contributed by atoms with E-state index in [1.54, 1.807) is 6.42 Å². The number of unbranched alkanes of at least 4 members (excludes halogenated alkanes) is 6. The third-order valence-electron chi connectivity index (χ3n) is 3.99. The summed E-state index contributed by atoms with van der Waals surface area (Å²) >= 11 is 6.99. The molecule has 2 heteroatoms. The molecule has 1 fully saturated rings. The highest BCUT2D eigenvalue weighted by atomic mass is 79.9. The van der Waals surface area contributed by atoms with Gasteiger partial charge in [0.2, 0.25) is 0 Å². The standard InChI is InChI=1S/C15H28Br2/c16-11-7-3-1-5-9-14-13-15(14)10-6-2-4-8-12-17/h14-15H,1-13H2. The second-order valence-corrected chi connectivity index (χ2v) is 7.13. The van der Waals surface area contributed by atoms with Gasteiger partial charge in [0, 0.05) is 10.7 Å². The van der Waals surface area contributed by atoms with Crippen molar-refractivity contribution in [3.8, 4) is 0 Å². The van der Waals surface area contributed by atoms with Crippen molar-refractivity contribution < 1.29 is 0 Å². The first kappa shape index (κ1) is 16.0. The smallest absolute Gasteiger partial charge is 0.00313 e. The van der Waals surface area contributed by atoms with Gasteiger partial charge in [0.15, 0.2) is 0 Å². The number of hydrogen-bond donors (Lipinski definition) is 0. The molecule has 102 valence electrons. The lowest BCUT2D eigenvalue weighted by molar-refractivity contribution is 0.529. The summed E-state index contributed by atoms with van der Waals surface area (Å²) in [7, 11) is 0. The zero-order valence-electron chi connectivity index (χ0n) is 11.1. The summed E-state index contributed by atoms with van der Waals surface area (Å²) in [6.45, 7) is 0. The lowest BCUT2D eigenvalue weighted by Gasteiger charge is -2.01. The van der Waals surface area contributed by atoms with Crippen LogP contribution in [-0.4, -0.2) is 10.7 Å². The van der Waals surface area contributed by atoms with Crippen LogP contribution in [0, 0.1) is 11.8 Å². The second kappa shape index (κ2) is 10.8. The Morgan fingerprint density at radius 1 is 0.588 bits per heavy atom. The summed E-state index contributed by atoms with van der Waals surface area (Å²) in [4.78, 5) is 0. The molecule has 1 rings (SSSR count). The zero-order chi connectivity index (χ0) is 12.3.